The molecule has 0 saturated carbocycles. The second kappa shape index (κ2) is 8.57. The number of benzene rings is 2. The van der Waals surface area contributed by atoms with Crippen LogP contribution < -0.4 is 0 Å². The van der Waals surface area contributed by atoms with Crippen molar-refractivity contribution < 1.29 is 9.90 Å². The summed E-state index contributed by atoms with van der Waals surface area (Å²) in [6, 6.07) is 12.7. The van der Waals surface area contributed by atoms with Crippen molar-refractivity contribution in [3.63, 3.8) is 0 Å². The van der Waals surface area contributed by atoms with E-state index in [2.05, 4.69) is 57.2 Å². The number of hydrogen-bond acceptors (Lipinski definition) is 3. The summed E-state index contributed by atoms with van der Waals surface area (Å²) in [5.74, 6) is 1.85. The van der Waals surface area contributed by atoms with Gasteiger partial charge in [-0.3, -0.25) is 4.79 Å². The predicted octanol–water partition coefficient (Wildman–Crippen LogP) is 6.60. The molecular formula is C25H30O2S. The average Bonchev–Trinajstić information content (AvgIpc) is 2.62. The van der Waals surface area contributed by atoms with E-state index in [4.69, 9.17) is 0 Å². The van der Waals surface area contributed by atoms with Gasteiger partial charge in [0.25, 0.3) is 0 Å². The largest absolute Gasteiger partial charge is 0.512 e. The average molecular weight is 395 g/mol. The first-order valence-electron chi connectivity index (χ1n) is 9.99. The fraction of sp³-hybridized carbons (Fsp3) is 0.400. The van der Waals surface area contributed by atoms with Crippen LogP contribution in [0.1, 0.15) is 47.6 Å². The number of allylic oxidation sites excluding steroid dienone is 2. The first-order chi connectivity index (χ1) is 13.3. The summed E-state index contributed by atoms with van der Waals surface area (Å²) in [7, 11) is 0. The third kappa shape index (κ3) is 4.52. The van der Waals surface area contributed by atoms with Crippen LogP contribution in [0.3, 0.4) is 0 Å². The van der Waals surface area contributed by atoms with Gasteiger partial charge in [0.2, 0.25) is 0 Å². The lowest BCUT2D eigenvalue weighted by Crippen LogP contribution is -2.25. The minimum Gasteiger partial charge on any atom is -0.512 e. The maximum absolute atomic E-state index is 13.0. The van der Waals surface area contributed by atoms with Crippen LogP contribution in [-0.4, -0.2) is 16.6 Å². The quantitative estimate of drug-likeness (QED) is 0.581. The Morgan fingerprint density at radius 1 is 1.00 bits per heavy atom. The standard InChI is InChI=1S/C25H30O2S/c1-15-6-8-21(9-7-15)28-14-19(5)20-12-22(26)25(23(27)13-20)24-17(3)10-16(2)11-18(24)4/h6-11,19-20,26H,12-14H2,1-5H3. The second-order valence-electron chi connectivity index (χ2n) is 8.29. The fourth-order valence-electron chi connectivity index (χ4n) is 4.18. The van der Waals surface area contributed by atoms with E-state index in [0.717, 1.165) is 22.4 Å². The highest BCUT2D eigenvalue weighted by molar-refractivity contribution is 7.99. The molecule has 28 heavy (non-hydrogen) atoms. The number of hydrogen-bond donors (Lipinski definition) is 1. The smallest absolute Gasteiger partial charge is 0.167 e. The van der Waals surface area contributed by atoms with Crippen LogP contribution in [0, 0.1) is 39.5 Å². The SMILES string of the molecule is Cc1ccc(SCC(C)C2CC(=O)C(c3c(C)cc(C)cc3C)=C(O)C2)cc1. The highest BCUT2D eigenvalue weighted by Crippen LogP contribution is 2.39. The molecule has 2 aromatic carbocycles. The molecule has 2 aromatic rings. The van der Waals surface area contributed by atoms with E-state index in [9.17, 15) is 9.90 Å². The van der Waals surface area contributed by atoms with E-state index >= 15 is 0 Å². The van der Waals surface area contributed by atoms with Crippen LogP contribution in [0.15, 0.2) is 47.1 Å². The highest BCUT2D eigenvalue weighted by atomic mass is 32.2. The van der Waals surface area contributed by atoms with Gasteiger partial charge in [0, 0.05) is 23.5 Å². The normalized spacial score (nSPS) is 18.5. The Hall–Kier alpha value is -2.00. The Bertz CT molecular complexity index is 886. The molecule has 0 bridgehead atoms. The topological polar surface area (TPSA) is 37.3 Å². The van der Waals surface area contributed by atoms with E-state index in [1.807, 2.05) is 25.6 Å². The Morgan fingerprint density at radius 2 is 1.61 bits per heavy atom. The summed E-state index contributed by atoms with van der Waals surface area (Å²) < 4.78 is 0. The zero-order chi connectivity index (χ0) is 20.4. The van der Waals surface area contributed by atoms with Gasteiger partial charge in [-0.05, 0) is 68.4 Å². The summed E-state index contributed by atoms with van der Waals surface area (Å²) in [5.41, 5.74) is 6.04. The minimum absolute atomic E-state index is 0.0796. The number of aliphatic hydroxyl groups is 1. The number of aliphatic hydroxyl groups excluding tert-OH is 1. The molecule has 0 aromatic heterocycles. The third-order valence-electron chi connectivity index (χ3n) is 5.74. The molecule has 148 valence electrons. The molecule has 3 rings (SSSR count). The first kappa shape index (κ1) is 20.7. The van der Waals surface area contributed by atoms with E-state index in [1.54, 1.807) is 0 Å². The van der Waals surface area contributed by atoms with Crippen molar-refractivity contribution >= 4 is 23.1 Å². The molecule has 0 spiro atoms. The number of ketones is 1. The van der Waals surface area contributed by atoms with Crippen LogP contribution in [-0.2, 0) is 4.79 Å². The molecule has 0 radical (unpaired) electrons. The number of carbonyl (C=O) groups excluding carboxylic acids is 1. The monoisotopic (exact) mass is 394 g/mol. The molecule has 0 saturated heterocycles. The van der Waals surface area contributed by atoms with E-state index in [-0.39, 0.29) is 17.5 Å². The molecule has 1 N–H and O–H groups in total. The van der Waals surface area contributed by atoms with Gasteiger partial charge in [-0.25, -0.2) is 0 Å². The van der Waals surface area contributed by atoms with Gasteiger partial charge in [-0.15, -0.1) is 11.8 Å². The van der Waals surface area contributed by atoms with Gasteiger partial charge in [0.15, 0.2) is 5.78 Å². The molecule has 2 nitrogen and oxygen atoms in total. The van der Waals surface area contributed by atoms with Crippen molar-refractivity contribution in [3.8, 4) is 0 Å². The van der Waals surface area contributed by atoms with Crippen molar-refractivity contribution in [3.05, 3.63) is 70.0 Å². The zero-order valence-corrected chi connectivity index (χ0v) is 18.3. The summed E-state index contributed by atoms with van der Waals surface area (Å²) in [4.78, 5) is 14.3. The molecular weight excluding hydrogens is 364 g/mol. The van der Waals surface area contributed by atoms with Crippen molar-refractivity contribution in [1.29, 1.82) is 0 Å². The van der Waals surface area contributed by atoms with Crippen LogP contribution in [0.2, 0.25) is 0 Å². The lowest BCUT2D eigenvalue weighted by Gasteiger charge is -2.29. The molecule has 3 heteroatoms. The van der Waals surface area contributed by atoms with Gasteiger partial charge in [0.1, 0.15) is 5.76 Å². The highest BCUT2D eigenvalue weighted by Gasteiger charge is 2.32. The van der Waals surface area contributed by atoms with Gasteiger partial charge in [-0.1, -0.05) is 42.3 Å². The number of carbonyl (C=O) groups is 1. The van der Waals surface area contributed by atoms with Gasteiger partial charge >= 0.3 is 0 Å². The van der Waals surface area contributed by atoms with Crippen molar-refractivity contribution in [1.82, 2.24) is 0 Å². The Balaban J connectivity index is 1.75. The van der Waals surface area contributed by atoms with E-state index in [1.165, 1.54) is 16.0 Å². The fourth-order valence-corrected chi connectivity index (χ4v) is 5.24. The van der Waals surface area contributed by atoms with Gasteiger partial charge in [0.05, 0.1) is 5.57 Å². The first-order valence-corrected chi connectivity index (χ1v) is 11.0. The summed E-state index contributed by atoms with van der Waals surface area (Å²) in [6.45, 7) is 10.4. The third-order valence-corrected chi connectivity index (χ3v) is 7.03. The molecule has 2 atom stereocenters. The summed E-state index contributed by atoms with van der Waals surface area (Å²) >= 11 is 1.83. The molecule has 1 aliphatic rings. The zero-order valence-electron chi connectivity index (χ0n) is 17.5. The predicted molar refractivity (Wildman–Crippen MR) is 119 cm³/mol. The van der Waals surface area contributed by atoms with Crippen LogP contribution in [0.5, 0.6) is 0 Å². The summed E-state index contributed by atoms with van der Waals surface area (Å²) in [6.07, 6.45) is 1.10. The van der Waals surface area contributed by atoms with Gasteiger partial charge in [-0.2, -0.15) is 0 Å². The number of rotatable bonds is 5. The maximum atomic E-state index is 13.0. The maximum Gasteiger partial charge on any atom is 0.167 e. The Labute approximate surface area is 173 Å². The Morgan fingerprint density at radius 3 is 2.18 bits per heavy atom. The van der Waals surface area contributed by atoms with E-state index in [0.29, 0.717) is 24.3 Å². The van der Waals surface area contributed by atoms with Crippen LogP contribution in [0.4, 0.5) is 0 Å². The van der Waals surface area contributed by atoms with Crippen LogP contribution >= 0.6 is 11.8 Å². The second-order valence-corrected chi connectivity index (χ2v) is 9.38. The summed E-state index contributed by atoms with van der Waals surface area (Å²) in [5, 5.41) is 10.8. The van der Waals surface area contributed by atoms with Crippen molar-refractivity contribution in [2.75, 3.05) is 5.75 Å². The van der Waals surface area contributed by atoms with Crippen molar-refractivity contribution in [2.45, 2.75) is 52.4 Å². The number of thioether (sulfide) groups is 1. The van der Waals surface area contributed by atoms with E-state index < -0.39 is 0 Å². The lowest BCUT2D eigenvalue weighted by molar-refractivity contribution is -0.115. The molecule has 2 unspecified atom stereocenters. The molecule has 0 fully saturated rings. The lowest BCUT2D eigenvalue weighted by atomic mass is 9.77. The molecule has 0 aliphatic heterocycles. The Kier molecular flexibility index (Phi) is 6.34. The minimum atomic E-state index is 0.0796. The number of Topliss-reactive ketones (excluding diaryl/α,β-unsaturated/α-hetero) is 1. The molecule has 0 amide bonds. The van der Waals surface area contributed by atoms with Gasteiger partial charge < -0.3 is 5.11 Å². The van der Waals surface area contributed by atoms with Crippen LogP contribution in [0.25, 0.3) is 5.57 Å². The molecule has 0 heterocycles. The molecule has 1 aliphatic carbocycles. The number of aryl methyl sites for hydroxylation is 4. The van der Waals surface area contributed by atoms with Crippen molar-refractivity contribution in [2.24, 2.45) is 11.8 Å².